The maximum absolute atomic E-state index is 13.4. The first-order valence-corrected chi connectivity index (χ1v) is 7.93. The van der Waals surface area contributed by atoms with E-state index in [1.165, 1.54) is 11.0 Å². The number of carboxylic acid groups (broad SMARTS) is 1. The average Bonchev–Trinajstić information content (AvgIpc) is 2.54. The molecule has 0 spiro atoms. The van der Waals surface area contributed by atoms with Crippen LogP contribution in [0.3, 0.4) is 0 Å². The van der Waals surface area contributed by atoms with Gasteiger partial charge in [-0.3, -0.25) is 9.59 Å². The fourth-order valence-corrected chi connectivity index (χ4v) is 2.84. The van der Waals surface area contributed by atoms with Crippen molar-refractivity contribution < 1.29 is 28.2 Å². The summed E-state index contributed by atoms with van der Waals surface area (Å²) in [4.78, 5) is 25.0. The maximum Gasteiger partial charge on any atom is 0.305 e. The van der Waals surface area contributed by atoms with E-state index in [0.29, 0.717) is 25.0 Å². The topological polar surface area (TPSA) is 66.8 Å². The molecule has 1 aliphatic rings. The zero-order valence-corrected chi connectivity index (χ0v) is 13.5. The molecule has 1 heterocycles. The molecule has 5 nitrogen and oxygen atoms in total. The number of hydrogen-bond donors (Lipinski definition) is 1. The van der Waals surface area contributed by atoms with E-state index >= 15 is 0 Å². The molecule has 1 aliphatic heterocycles. The van der Waals surface area contributed by atoms with E-state index in [0.717, 1.165) is 12.1 Å². The molecule has 1 aromatic carbocycles. The Hall–Kier alpha value is -2.02. The average molecular weight is 341 g/mol. The summed E-state index contributed by atoms with van der Waals surface area (Å²) in [6.07, 6.45) is 0.913. The van der Waals surface area contributed by atoms with Crippen LogP contribution in [0.4, 0.5) is 8.78 Å². The van der Waals surface area contributed by atoms with Gasteiger partial charge in [-0.05, 0) is 37.5 Å². The van der Waals surface area contributed by atoms with Gasteiger partial charge in [0.1, 0.15) is 0 Å². The van der Waals surface area contributed by atoms with Gasteiger partial charge < -0.3 is 14.7 Å². The van der Waals surface area contributed by atoms with Crippen LogP contribution in [0, 0.1) is 17.6 Å². The highest BCUT2D eigenvalue weighted by Crippen LogP contribution is 2.23. The Balaban J connectivity index is 2.11. The molecule has 0 bridgehead atoms. The molecule has 1 aromatic rings. The van der Waals surface area contributed by atoms with E-state index in [4.69, 9.17) is 9.84 Å². The molecular formula is C17H21F2NO4. The van der Waals surface area contributed by atoms with Crippen molar-refractivity contribution in [2.45, 2.75) is 38.8 Å². The molecule has 0 saturated carbocycles. The minimum absolute atomic E-state index is 0.0267. The molecule has 24 heavy (non-hydrogen) atoms. The number of rotatable bonds is 6. The van der Waals surface area contributed by atoms with Crippen molar-refractivity contribution in [2.24, 2.45) is 5.92 Å². The van der Waals surface area contributed by atoms with Crippen LogP contribution in [0.2, 0.25) is 0 Å². The lowest BCUT2D eigenvalue weighted by molar-refractivity contribution is -0.143. The Bertz CT molecular complexity index is 608. The molecule has 2 rings (SSSR count). The molecule has 0 aliphatic carbocycles. The zero-order valence-electron chi connectivity index (χ0n) is 13.5. The van der Waals surface area contributed by atoms with Crippen molar-refractivity contribution in [2.75, 3.05) is 13.2 Å². The largest absolute Gasteiger partial charge is 0.481 e. The zero-order chi connectivity index (χ0) is 17.7. The molecule has 1 amide bonds. The first-order valence-electron chi connectivity index (χ1n) is 7.93. The summed E-state index contributed by atoms with van der Waals surface area (Å²) >= 11 is 0. The normalized spacial score (nSPS) is 20.6. The first-order chi connectivity index (χ1) is 11.4. The van der Waals surface area contributed by atoms with Crippen LogP contribution in [0.1, 0.15) is 31.7 Å². The van der Waals surface area contributed by atoms with Crippen LogP contribution >= 0.6 is 0 Å². The Kier molecular flexibility index (Phi) is 6.25. The number of carbonyl (C=O) groups is 2. The Labute approximate surface area is 139 Å². The van der Waals surface area contributed by atoms with Crippen LogP contribution in [0.5, 0.6) is 0 Å². The van der Waals surface area contributed by atoms with E-state index < -0.39 is 17.6 Å². The van der Waals surface area contributed by atoms with Crippen LogP contribution < -0.4 is 0 Å². The van der Waals surface area contributed by atoms with Crippen LogP contribution in [-0.2, 0) is 20.9 Å². The Morgan fingerprint density at radius 3 is 2.71 bits per heavy atom. The van der Waals surface area contributed by atoms with Gasteiger partial charge in [0.15, 0.2) is 11.6 Å². The lowest BCUT2D eigenvalue weighted by Gasteiger charge is -2.31. The van der Waals surface area contributed by atoms with E-state index in [9.17, 15) is 18.4 Å². The van der Waals surface area contributed by atoms with Gasteiger partial charge in [-0.1, -0.05) is 6.07 Å². The summed E-state index contributed by atoms with van der Waals surface area (Å²) in [5, 5.41) is 8.88. The number of carbonyl (C=O) groups excluding carboxylic acids is 1. The summed E-state index contributed by atoms with van der Waals surface area (Å²) in [6.45, 7) is 2.44. The Morgan fingerprint density at radius 1 is 1.33 bits per heavy atom. The first kappa shape index (κ1) is 18.3. The van der Waals surface area contributed by atoms with Gasteiger partial charge in [0.25, 0.3) is 0 Å². The SMILES string of the molecule is CC1CC(C(=O)N(CCC(=O)O)Cc2ccc(F)c(F)c2)CCO1. The van der Waals surface area contributed by atoms with Crippen molar-refractivity contribution in [3.63, 3.8) is 0 Å². The predicted molar refractivity (Wildman–Crippen MR) is 82.2 cm³/mol. The number of benzene rings is 1. The summed E-state index contributed by atoms with van der Waals surface area (Å²) < 4.78 is 31.8. The summed E-state index contributed by atoms with van der Waals surface area (Å²) in [6, 6.07) is 3.43. The van der Waals surface area contributed by atoms with Crippen molar-refractivity contribution in [1.82, 2.24) is 4.90 Å². The van der Waals surface area contributed by atoms with Gasteiger partial charge in [0, 0.05) is 25.6 Å². The van der Waals surface area contributed by atoms with Crippen LogP contribution in [-0.4, -0.2) is 41.1 Å². The minimum atomic E-state index is -1.02. The highest BCUT2D eigenvalue weighted by Gasteiger charge is 2.29. The molecule has 0 radical (unpaired) electrons. The number of ether oxygens (including phenoxy) is 1. The van der Waals surface area contributed by atoms with Gasteiger partial charge in [-0.15, -0.1) is 0 Å². The molecule has 1 N–H and O–H groups in total. The second-order valence-corrected chi connectivity index (χ2v) is 6.05. The highest BCUT2D eigenvalue weighted by molar-refractivity contribution is 5.79. The quantitative estimate of drug-likeness (QED) is 0.864. The second kappa shape index (κ2) is 8.19. The molecular weight excluding hydrogens is 320 g/mol. The third kappa shape index (κ3) is 4.99. The van der Waals surface area contributed by atoms with Gasteiger partial charge in [0.2, 0.25) is 5.91 Å². The van der Waals surface area contributed by atoms with Crippen LogP contribution in [0.15, 0.2) is 18.2 Å². The number of amides is 1. The lowest BCUT2D eigenvalue weighted by atomic mass is 9.94. The van der Waals surface area contributed by atoms with Gasteiger partial charge in [-0.2, -0.15) is 0 Å². The van der Waals surface area contributed by atoms with E-state index in [1.807, 2.05) is 6.92 Å². The molecule has 132 valence electrons. The lowest BCUT2D eigenvalue weighted by Crippen LogP contribution is -2.40. The summed E-state index contributed by atoms with van der Waals surface area (Å²) in [7, 11) is 0. The predicted octanol–water partition coefficient (Wildman–Crippen LogP) is 2.58. The molecule has 1 fully saturated rings. The number of nitrogens with zero attached hydrogens (tertiary/aromatic N) is 1. The molecule has 1 saturated heterocycles. The van der Waals surface area contributed by atoms with E-state index in [2.05, 4.69) is 0 Å². The molecule has 7 heteroatoms. The smallest absolute Gasteiger partial charge is 0.305 e. The monoisotopic (exact) mass is 341 g/mol. The van der Waals surface area contributed by atoms with Crippen molar-refractivity contribution in [3.8, 4) is 0 Å². The highest BCUT2D eigenvalue weighted by atomic mass is 19.2. The third-order valence-electron chi connectivity index (χ3n) is 4.10. The number of hydrogen-bond acceptors (Lipinski definition) is 3. The van der Waals surface area contributed by atoms with Crippen molar-refractivity contribution >= 4 is 11.9 Å². The van der Waals surface area contributed by atoms with Crippen molar-refractivity contribution in [3.05, 3.63) is 35.4 Å². The standard InChI is InChI=1S/C17H21F2NO4/c1-11-8-13(5-7-24-11)17(23)20(6-4-16(21)22)10-12-2-3-14(18)15(19)9-12/h2-3,9,11,13H,4-8,10H2,1H3,(H,21,22). The Morgan fingerprint density at radius 2 is 2.08 bits per heavy atom. The minimum Gasteiger partial charge on any atom is -0.481 e. The van der Waals surface area contributed by atoms with Gasteiger partial charge in [0.05, 0.1) is 12.5 Å². The fourth-order valence-electron chi connectivity index (χ4n) is 2.84. The number of halogens is 2. The third-order valence-corrected chi connectivity index (χ3v) is 4.10. The number of carboxylic acids is 1. The van der Waals surface area contributed by atoms with E-state index in [1.54, 1.807) is 0 Å². The molecule has 2 atom stereocenters. The summed E-state index contributed by atoms with van der Waals surface area (Å²) in [5.41, 5.74) is 0.424. The fraction of sp³-hybridized carbons (Fsp3) is 0.529. The van der Waals surface area contributed by atoms with Gasteiger partial charge >= 0.3 is 5.97 Å². The number of aliphatic carboxylic acids is 1. The van der Waals surface area contributed by atoms with E-state index in [-0.39, 0.29) is 37.4 Å². The summed E-state index contributed by atoms with van der Waals surface area (Å²) in [5.74, 6) is -3.37. The second-order valence-electron chi connectivity index (χ2n) is 6.05. The molecule has 0 aromatic heterocycles. The van der Waals surface area contributed by atoms with Crippen LogP contribution in [0.25, 0.3) is 0 Å². The maximum atomic E-state index is 13.4. The van der Waals surface area contributed by atoms with Gasteiger partial charge in [-0.25, -0.2) is 8.78 Å². The molecule has 2 unspecified atom stereocenters. The van der Waals surface area contributed by atoms with Crippen molar-refractivity contribution in [1.29, 1.82) is 0 Å².